The molecule has 11 nitrogen and oxygen atoms in total. The van der Waals surface area contributed by atoms with Gasteiger partial charge in [-0.1, -0.05) is 0 Å². The van der Waals surface area contributed by atoms with Crippen molar-refractivity contribution in [3.05, 3.63) is 30.2 Å². The first kappa shape index (κ1) is 31.2. The van der Waals surface area contributed by atoms with Gasteiger partial charge in [0.1, 0.15) is 11.5 Å². The molecule has 0 radical (unpaired) electrons. The molecule has 1 aliphatic heterocycles. The fourth-order valence-electron chi connectivity index (χ4n) is 2.66. The Balaban J connectivity index is 0.000000809. The van der Waals surface area contributed by atoms with Crippen LogP contribution in [0.3, 0.4) is 0 Å². The average Bonchev–Trinajstić information content (AvgIpc) is 3.29. The van der Waals surface area contributed by atoms with Gasteiger partial charge in [-0.25, -0.2) is 22.6 Å². The van der Waals surface area contributed by atoms with E-state index in [1.165, 1.54) is 16.4 Å². The molecule has 5 N–H and O–H groups in total. The Morgan fingerprint density at radius 1 is 1.33 bits per heavy atom. The number of pyridine rings is 1. The van der Waals surface area contributed by atoms with Crippen LogP contribution in [0.5, 0.6) is 5.88 Å². The van der Waals surface area contributed by atoms with Crippen LogP contribution in [-0.2, 0) is 19.6 Å². The SMILES string of the molecule is CC(C)(O)CNC(=O)[C@H]1CCN(S(=O)(=O)c2ccc(OC/C(=C\F)CN)nc2)C1.O=C(O)C(F)(F)F. The highest BCUT2D eigenvalue weighted by atomic mass is 32.2. The fourth-order valence-corrected chi connectivity index (χ4v) is 4.11. The lowest BCUT2D eigenvalue weighted by Crippen LogP contribution is -2.41. The number of carbonyl (C=O) groups is 2. The van der Waals surface area contributed by atoms with Gasteiger partial charge in [-0.05, 0) is 26.3 Å². The number of carbonyl (C=O) groups excluding carboxylic acids is 1. The van der Waals surface area contributed by atoms with Gasteiger partial charge in [-0.3, -0.25) is 4.79 Å². The van der Waals surface area contributed by atoms with Gasteiger partial charge >= 0.3 is 12.1 Å². The Bertz CT molecular complexity index is 1030. The predicted octanol–water partition coefficient (Wildman–Crippen LogP) is 0.804. The second-order valence-corrected chi connectivity index (χ2v) is 10.2. The molecule has 0 unspecified atom stereocenters. The zero-order valence-electron chi connectivity index (χ0n) is 19.5. The maximum absolute atomic E-state index is 12.8. The number of nitrogens with two attached hydrogens (primary N) is 1. The molecule has 2 heterocycles. The van der Waals surface area contributed by atoms with Crippen molar-refractivity contribution in [2.45, 2.75) is 36.9 Å². The van der Waals surface area contributed by atoms with Gasteiger partial charge in [0.2, 0.25) is 21.8 Å². The molecule has 36 heavy (non-hydrogen) atoms. The van der Waals surface area contributed by atoms with Gasteiger partial charge in [-0.15, -0.1) is 0 Å². The molecule has 0 bridgehead atoms. The highest BCUT2D eigenvalue weighted by Gasteiger charge is 2.38. The Kier molecular flexibility index (Phi) is 11.2. The fraction of sp³-hybridized carbons (Fsp3) is 0.550. The summed E-state index contributed by atoms with van der Waals surface area (Å²) in [5.41, 5.74) is 4.54. The number of aliphatic hydroxyl groups is 1. The van der Waals surface area contributed by atoms with Crippen molar-refractivity contribution in [3.8, 4) is 5.88 Å². The second kappa shape index (κ2) is 12.9. The summed E-state index contributed by atoms with van der Waals surface area (Å²) < 4.78 is 76.3. The summed E-state index contributed by atoms with van der Waals surface area (Å²) >= 11 is 0. The number of ether oxygens (including phenoxy) is 1. The van der Waals surface area contributed by atoms with Crippen molar-refractivity contribution in [2.75, 3.05) is 32.8 Å². The largest absolute Gasteiger partial charge is 0.490 e. The lowest BCUT2D eigenvalue weighted by atomic mass is 10.1. The average molecular weight is 545 g/mol. The first-order valence-corrected chi connectivity index (χ1v) is 11.8. The summed E-state index contributed by atoms with van der Waals surface area (Å²) in [6.07, 6.45) is -3.17. The Morgan fingerprint density at radius 3 is 2.39 bits per heavy atom. The van der Waals surface area contributed by atoms with E-state index in [0.29, 0.717) is 12.8 Å². The molecule has 1 amide bonds. The van der Waals surface area contributed by atoms with Crippen LogP contribution in [0.4, 0.5) is 17.6 Å². The number of sulfonamides is 1. The van der Waals surface area contributed by atoms with E-state index >= 15 is 0 Å². The van der Waals surface area contributed by atoms with Crippen LogP contribution in [0.2, 0.25) is 0 Å². The number of carboxylic acids is 1. The highest BCUT2D eigenvalue weighted by Crippen LogP contribution is 2.25. The minimum absolute atomic E-state index is 0.00245. The first-order valence-electron chi connectivity index (χ1n) is 10.4. The smallest absolute Gasteiger partial charge is 0.475 e. The molecule has 1 atom stereocenters. The number of aromatic nitrogens is 1. The lowest BCUT2D eigenvalue weighted by Gasteiger charge is -2.20. The topological polar surface area (TPSA) is 172 Å². The maximum Gasteiger partial charge on any atom is 0.490 e. The van der Waals surface area contributed by atoms with Crippen LogP contribution in [-0.4, -0.2) is 84.4 Å². The molecule has 1 saturated heterocycles. The summed E-state index contributed by atoms with van der Waals surface area (Å²) in [7, 11) is -3.81. The van der Waals surface area contributed by atoms with Gasteiger partial charge in [0, 0.05) is 37.8 Å². The zero-order chi connectivity index (χ0) is 27.7. The summed E-state index contributed by atoms with van der Waals surface area (Å²) in [5.74, 6) is -3.39. The van der Waals surface area contributed by atoms with Gasteiger partial charge in [0.05, 0.1) is 24.0 Å². The van der Waals surface area contributed by atoms with Crippen molar-refractivity contribution in [3.63, 3.8) is 0 Å². The van der Waals surface area contributed by atoms with Gasteiger partial charge in [-0.2, -0.15) is 17.5 Å². The summed E-state index contributed by atoms with van der Waals surface area (Å²) in [6, 6.07) is 2.73. The van der Waals surface area contributed by atoms with E-state index in [1.807, 2.05) is 0 Å². The zero-order valence-corrected chi connectivity index (χ0v) is 20.3. The van der Waals surface area contributed by atoms with E-state index in [-0.39, 0.29) is 55.0 Å². The molecule has 16 heteroatoms. The molecular weight excluding hydrogens is 516 g/mol. The predicted molar refractivity (Wildman–Crippen MR) is 118 cm³/mol. The Morgan fingerprint density at radius 2 is 1.94 bits per heavy atom. The molecule has 1 aromatic heterocycles. The highest BCUT2D eigenvalue weighted by molar-refractivity contribution is 7.89. The molecule has 204 valence electrons. The number of halogens is 4. The van der Waals surface area contributed by atoms with Gasteiger partial charge < -0.3 is 26.0 Å². The van der Waals surface area contributed by atoms with Crippen LogP contribution in [0.15, 0.2) is 35.1 Å². The number of rotatable bonds is 9. The molecule has 0 aromatic carbocycles. The number of aliphatic carboxylic acids is 1. The molecule has 1 fully saturated rings. The minimum Gasteiger partial charge on any atom is -0.475 e. The number of nitrogens with zero attached hydrogens (tertiary/aromatic N) is 2. The van der Waals surface area contributed by atoms with Crippen LogP contribution < -0.4 is 15.8 Å². The first-order chi connectivity index (χ1) is 16.5. The number of carboxylic acid groups (broad SMARTS) is 1. The molecule has 0 saturated carbocycles. The van der Waals surface area contributed by atoms with Crippen molar-refractivity contribution >= 4 is 21.9 Å². The maximum atomic E-state index is 12.8. The van der Waals surface area contributed by atoms with E-state index in [2.05, 4.69) is 10.3 Å². The summed E-state index contributed by atoms with van der Waals surface area (Å²) in [5, 5.41) is 19.5. The van der Waals surface area contributed by atoms with E-state index in [9.17, 15) is 35.9 Å². The normalized spacial score (nSPS) is 17.2. The van der Waals surface area contributed by atoms with Gasteiger partial charge in [0.25, 0.3) is 0 Å². The number of hydrogen-bond donors (Lipinski definition) is 4. The number of amides is 1. The molecular formula is C20H28F4N4O7S. The minimum atomic E-state index is -5.08. The van der Waals surface area contributed by atoms with E-state index in [1.54, 1.807) is 13.8 Å². The molecule has 1 aromatic rings. The van der Waals surface area contributed by atoms with Crippen molar-refractivity contribution in [1.82, 2.24) is 14.6 Å². The number of hydrogen-bond acceptors (Lipinski definition) is 8. The standard InChI is InChI=1S/C18H27FN4O5S.C2HF3O2/c1-18(2,25)12-22-17(24)14-5-6-23(10-14)29(26,27)15-3-4-16(21-9-15)28-11-13(7-19)8-20;3-2(4,5)1(6)7/h3-4,7,9,14,25H,5-6,8,10-12,20H2,1-2H3,(H,22,24);(H,6,7)/b13-7-;/t14-;/m0./s1. The lowest BCUT2D eigenvalue weighted by molar-refractivity contribution is -0.192. The van der Waals surface area contributed by atoms with Crippen LogP contribution >= 0.6 is 0 Å². The third-order valence-corrected chi connectivity index (χ3v) is 6.48. The van der Waals surface area contributed by atoms with Crippen LogP contribution in [0.25, 0.3) is 0 Å². The van der Waals surface area contributed by atoms with Crippen molar-refractivity contribution < 1.29 is 50.5 Å². The van der Waals surface area contributed by atoms with Gasteiger partial charge in [0.15, 0.2) is 0 Å². The van der Waals surface area contributed by atoms with Crippen LogP contribution in [0, 0.1) is 5.92 Å². The number of alkyl halides is 3. The van der Waals surface area contributed by atoms with E-state index in [0.717, 1.165) is 6.20 Å². The monoisotopic (exact) mass is 544 g/mol. The summed E-state index contributed by atoms with van der Waals surface area (Å²) in [4.78, 5) is 25.0. The van der Waals surface area contributed by atoms with E-state index in [4.69, 9.17) is 20.4 Å². The Hall–Kier alpha value is -2.82. The summed E-state index contributed by atoms with van der Waals surface area (Å²) in [6.45, 7) is 3.42. The van der Waals surface area contributed by atoms with Crippen molar-refractivity contribution in [1.29, 1.82) is 0 Å². The third kappa shape index (κ3) is 10.0. The van der Waals surface area contributed by atoms with Crippen LogP contribution in [0.1, 0.15) is 20.3 Å². The van der Waals surface area contributed by atoms with Crippen molar-refractivity contribution in [2.24, 2.45) is 11.7 Å². The molecule has 2 rings (SSSR count). The quantitative estimate of drug-likeness (QED) is 0.328. The third-order valence-electron chi connectivity index (χ3n) is 4.63. The molecule has 0 spiro atoms. The molecule has 0 aliphatic carbocycles. The second-order valence-electron chi connectivity index (χ2n) is 8.27. The van der Waals surface area contributed by atoms with E-state index < -0.39 is 33.7 Å². The molecule has 1 aliphatic rings. The number of nitrogens with one attached hydrogen (secondary N) is 1. The Labute approximate surface area is 205 Å².